The minimum atomic E-state index is -0.150. The second kappa shape index (κ2) is 9.43. The molecule has 0 aliphatic heterocycles. The van der Waals surface area contributed by atoms with Crippen molar-refractivity contribution < 1.29 is 0 Å². The molecule has 0 aliphatic carbocycles. The lowest BCUT2D eigenvalue weighted by Crippen LogP contribution is -2.13. The van der Waals surface area contributed by atoms with Crippen LogP contribution >= 0.6 is 12.2 Å². The fourth-order valence-electron chi connectivity index (χ4n) is 3.11. The van der Waals surface area contributed by atoms with E-state index in [-0.39, 0.29) is 6.04 Å². The summed E-state index contributed by atoms with van der Waals surface area (Å²) in [6, 6.07) is 18.8. The first-order valence-corrected chi connectivity index (χ1v) is 9.81. The summed E-state index contributed by atoms with van der Waals surface area (Å²) in [6.07, 6.45) is 6.26. The van der Waals surface area contributed by atoms with Gasteiger partial charge in [-0.2, -0.15) is 15.6 Å². The normalized spacial score (nSPS) is 10.2. The van der Waals surface area contributed by atoms with Crippen molar-refractivity contribution in [3.05, 3.63) is 101 Å². The lowest BCUT2D eigenvalue weighted by molar-refractivity contribution is 0.594. The molecule has 3 aromatic heterocycles. The van der Waals surface area contributed by atoms with Crippen LogP contribution in [0.25, 0.3) is 11.2 Å². The number of rotatable bonds is 3. The van der Waals surface area contributed by atoms with E-state index < -0.39 is 0 Å². The van der Waals surface area contributed by atoms with Gasteiger partial charge in [0.05, 0.1) is 35.9 Å². The molecule has 0 atom stereocenters. The van der Waals surface area contributed by atoms with Gasteiger partial charge in [-0.3, -0.25) is 0 Å². The summed E-state index contributed by atoms with van der Waals surface area (Å²) < 4.78 is 2.30. The Labute approximate surface area is 187 Å². The van der Waals surface area contributed by atoms with E-state index in [1.165, 1.54) is 12.7 Å². The molecule has 9 nitrogen and oxygen atoms in total. The molecule has 0 bridgehead atoms. The highest BCUT2D eigenvalue weighted by Crippen LogP contribution is 2.26. The smallest absolute Gasteiger partial charge is 0.159 e. The number of nitrogens with one attached hydrogen (secondary N) is 2. The summed E-state index contributed by atoms with van der Waals surface area (Å²) in [4.78, 5) is 17.6. The van der Waals surface area contributed by atoms with E-state index >= 15 is 0 Å². The molecule has 0 spiro atoms. The van der Waals surface area contributed by atoms with Crippen LogP contribution in [0.5, 0.6) is 0 Å². The molecule has 32 heavy (non-hydrogen) atoms. The molecule has 2 aromatic carbocycles. The van der Waals surface area contributed by atoms with Gasteiger partial charge >= 0.3 is 0 Å². The molecule has 0 fully saturated rings. The number of hydrogen-bond acceptors (Lipinski definition) is 7. The molecule has 0 amide bonds. The lowest BCUT2D eigenvalue weighted by atomic mass is 9.97. The Hall–Kier alpha value is -4.67. The third-order valence-electron chi connectivity index (χ3n) is 4.65. The van der Waals surface area contributed by atoms with Gasteiger partial charge < -0.3 is 9.97 Å². The molecule has 0 saturated carbocycles. The van der Waals surface area contributed by atoms with Crippen molar-refractivity contribution in [3.8, 4) is 12.1 Å². The highest BCUT2D eigenvalue weighted by molar-refractivity contribution is 7.71. The predicted octanol–water partition coefficient (Wildman–Crippen LogP) is 3.67. The van der Waals surface area contributed by atoms with Crippen molar-refractivity contribution in [2.45, 2.75) is 6.04 Å². The number of fused-ring (bicyclic) bond motifs is 1. The van der Waals surface area contributed by atoms with E-state index in [0.717, 1.165) is 22.3 Å². The molecule has 154 valence electrons. The summed E-state index contributed by atoms with van der Waals surface area (Å²) in [5, 5.41) is 22.1. The molecule has 10 heteroatoms. The Kier molecular flexibility index (Phi) is 6.07. The fraction of sp³-hybridized carbons (Fsp3) is 0.0455. The molecule has 3 heterocycles. The number of aromatic amines is 2. The van der Waals surface area contributed by atoms with Gasteiger partial charge in [-0.15, -0.1) is 0 Å². The molecule has 5 rings (SSSR count). The topological polar surface area (TPSA) is 136 Å². The van der Waals surface area contributed by atoms with Gasteiger partial charge in [0, 0.05) is 0 Å². The fourth-order valence-corrected chi connectivity index (χ4v) is 3.32. The van der Waals surface area contributed by atoms with Crippen LogP contribution in [0.1, 0.15) is 28.3 Å². The average molecular weight is 437 g/mol. The van der Waals surface area contributed by atoms with Crippen molar-refractivity contribution in [3.63, 3.8) is 0 Å². The molecular weight excluding hydrogens is 422 g/mol. The van der Waals surface area contributed by atoms with Crippen LogP contribution in [0.4, 0.5) is 0 Å². The number of H-pyrrole nitrogens is 2. The number of nitriles is 2. The van der Waals surface area contributed by atoms with Gasteiger partial charge in [0.1, 0.15) is 24.2 Å². The summed E-state index contributed by atoms with van der Waals surface area (Å²) >= 11 is 4.91. The van der Waals surface area contributed by atoms with Crippen LogP contribution in [0.2, 0.25) is 0 Å². The highest BCUT2D eigenvalue weighted by atomic mass is 32.1. The first-order valence-electron chi connectivity index (χ1n) is 9.40. The number of imidazole rings is 1. The number of hydrogen-bond donors (Lipinski definition) is 2. The number of benzene rings is 2. The standard InChI is InChI=1S/C17H11N5.C5H4N4S/c18-9-13-1-5-15(6-2-13)17(22-12-20-11-21-22)16-7-3-14(10-19)4-8-16;10-5-3-4(7-1-6-3)8-2-9-5/h1-8,11-12,17H;1-2H,(H2,6,7,8,9,10). The second-order valence-electron chi connectivity index (χ2n) is 6.58. The molecule has 0 aliphatic rings. The van der Waals surface area contributed by atoms with Crippen LogP contribution in [0.15, 0.2) is 73.8 Å². The van der Waals surface area contributed by atoms with Gasteiger partial charge in [-0.05, 0) is 35.4 Å². The van der Waals surface area contributed by atoms with Gasteiger partial charge in [-0.1, -0.05) is 36.5 Å². The third-order valence-corrected chi connectivity index (χ3v) is 4.96. The van der Waals surface area contributed by atoms with E-state index in [2.05, 4.69) is 42.2 Å². The van der Waals surface area contributed by atoms with Gasteiger partial charge in [-0.25, -0.2) is 19.6 Å². The minimum Gasteiger partial charge on any atom is -0.341 e. The number of nitrogens with zero attached hydrogens (tertiary/aromatic N) is 7. The van der Waals surface area contributed by atoms with Crippen molar-refractivity contribution >= 4 is 23.4 Å². The Bertz CT molecular complexity index is 1390. The van der Waals surface area contributed by atoms with Gasteiger partial charge in [0.2, 0.25) is 0 Å². The molecular formula is C22H15N9S. The van der Waals surface area contributed by atoms with Crippen molar-refractivity contribution in [2.75, 3.05) is 0 Å². The maximum absolute atomic E-state index is 8.92. The van der Waals surface area contributed by atoms with Gasteiger partial charge in [0.15, 0.2) is 10.3 Å². The van der Waals surface area contributed by atoms with Crippen LogP contribution in [-0.2, 0) is 0 Å². The Balaban J connectivity index is 0.000000203. The van der Waals surface area contributed by atoms with E-state index in [0.29, 0.717) is 15.8 Å². The Morgan fingerprint density at radius 2 is 1.44 bits per heavy atom. The molecule has 0 radical (unpaired) electrons. The third kappa shape index (κ3) is 4.41. The van der Waals surface area contributed by atoms with E-state index in [1.54, 1.807) is 41.6 Å². The zero-order valence-electron chi connectivity index (χ0n) is 16.5. The minimum absolute atomic E-state index is 0.150. The van der Waals surface area contributed by atoms with E-state index in [9.17, 15) is 0 Å². The quantitative estimate of drug-likeness (QED) is 0.411. The molecule has 0 saturated heterocycles. The second-order valence-corrected chi connectivity index (χ2v) is 6.97. The van der Waals surface area contributed by atoms with Crippen molar-refractivity contribution in [1.29, 1.82) is 10.5 Å². The summed E-state index contributed by atoms with van der Waals surface area (Å²) in [7, 11) is 0. The molecule has 5 aromatic rings. The maximum Gasteiger partial charge on any atom is 0.159 e. The number of aromatic nitrogens is 7. The highest BCUT2D eigenvalue weighted by Gasteiger charge is 2.17. The largest absolute Gasteiger partial charge is 0.341 e. The van der Waals surface area contributed by atoms with E-state index in [4.69, 9.17) is 22.7 Å². The first-order chi connectivity index (χ1) is 15.7. The zero-order chi connectivity index (χ0) is 22.3. The summed E-state index contributed by atoms with van der Waals surface area (Å²) in [5.41, 5.74) is 4.75. The van der Waals surface area contributed by atoms with Crippen LogP contribution in [-0.4, -0.2) is 34.7 Å². The van der Waals surface area contributed by atoms with Crippen LogP contribution in [0.3, 0.4) is 0 Å². The van der Waals surface area contributed by atoms with Crippen LogP contribution < -0.4 is 0 Å². The monoisotopic (exact) mass is 437 g/mol. The SMILES string of the molecule is N#Cc1ccc(C(c2ccc(C#N)cc2)n2cncn2)cc1.S=c1nc[nH]c2nc[nH]c12. The molecule has 0 unspecified atom stereocenters. The Morgan fingerprint density at radius 1 is 0.844 bits per heavy atom. The average Bonchev–Trinajstić information content (AvgIpc) is 3.54. The predicted molar refractivity (Wildman–Crippen MR) is 119 cm³/mol. The first kappa shape index (κ1) is 20.6. The zero-order valence-corrected chi connectivity index (χ0v) is 17.4. The summed E-state index contributed by atoms with van der Waals surface area (Å²) in [5.74, 6) is 0. The van der Waals surface area contributed by atoms with Crippen molar-refractivity contribution in [1.82, 2.24) is 34.7 Å². The maximum atomic E-state index is 8.92. The Morgan fingerprint density at radius 3 is 1.94 bits per heavy atom. The lowest BCUT2D eigenvalue weighted by Gasteiger charge is -2.18. The van der Waals surface area contributed by atoms with Crippen molar-refractivity contribution in [2.24, 2.45) is 0 Å². The molecule has 2 N–H and O–H groups in total. The van der Waals surface area contributed by atoms with Gasteiger partial charge in [0.25, 0.3) is 0 Å². The van der Waals surface area contributed by atoms with E-state index in [1.807, 2.05) is 24.3 Å². The van der Waals surface area contributed by atoms with Crippen LogP contribution in [0, 0.1) is 27.3 Å². The summed E-state index contributed by atoms with van der Waals surface area (Å²) in [6.45, 7) is 0.